The second-order valence-corrected chi connectivity index (χ2v) is 8.41. The molecule has 2 aromatic carbocycles. The van der Waals surface area contributed by atoms with Crippen molar-refractivity contribution in [1.82, 2.24) is 10.0 Å². The van der Waals surface area contributed by atoms with Crippen molar-refractivity contribution < 1.29 is 17.6 Å². The fraction of sp³-hybridized carbons (Fsp3) is 0.235. The molecule has 0 aliphatic heterocycles. The highest BCUT2D eigenvalue weighted by atomic mass is 79.9. The standard InChI is InChI=1S/C17H16BrFN2O3S/c18-16-8-7-14(25(23,24)21-13-5-6-13)9-15(16)17(22)20-10-11-1-3-12(19)4-2-11/h1-4,7-9,13,21H,5-6,10H2,(H,20,22). The molecule has 8 heteroatoms. The summed E-state index contributed by atoms with van der Waals surface area (Å²) >= 11 is 3.27. The monoisotopic (exact) mass is 426 g/mol. The van der Waals surface area contributed by atoms with Crippen molar-refractivity contribution in [2.24, 2.45) is 0 Å². The van der Waals surface area contributed by atoms with E-state index in [2.05, 4.69) is 26.0 Å². The highest BCUT2D eigenvalue weighted by Gasteiger charge is 2.28. The summed E-state index contributed by atoms with van der Waals surface area (Å²) in [5.41, 5.74) is 0.964. The molecule has 3 rings (SSSR count). The van der Waals surface area contributed by atoms with E-state index in [1.54, 1.807) is 12.1 Å². The Morgan fingerprint density at radius 3 is 2.48 bits per heavy atom. The van der Waals surface area contributed by atoms with Crippen LogP contribution in [0, 0.1) is 5.82 Å². The molecule has 0 bridgehead atoms. The Labute approximate surface area is 153 Å². The van der Waals surface area contributed by atoms with Crippen LogP contribution in [0.1, 0.15) is 28.8 Å². The minimum Gasteiger partial charge on any atom is -0.348 e. The molecule has 25 heavy (non-hydrogen) atoms. The van der Waals surface area contributed by atoms with Crippen LogP contribution in [0.4, 0.5) is 4.39 Å². The van der Waals surface area contributed by atoms with E-state index in [9.17, 15) is 17.6 Å². The smallest absolute Gasteiger partial charge is 0.252 e. The van der Waals surface area contributed by atoms with Gasteiger partial charge in [-0.2, -0.15) is 0 Å². The van der Waals surface area contributed by atoms with E-state index in [4.69, 9.17) is 0 Å². The average Bonchev–Trinajstić information content (AvgIpc) is 3.37. The second kappa shape index (κ2) is 7.23. The summed E-state index contributed by atoms with van der Waals surface area (Å²) in [4.78, 5) is 12.4. The maximum atomic E-state index is 12.9. The van der Waals surface area contributed by atoms with Gasteiger partial charge in [0, 0.05) is 17.1 Å². The molecule has 0 saturated heterocycles. The summed E-state index contributed by atoms with van der Waals surface area (Å²) in [5, 5.41) is 2.70. The predicted molar refractivity (Wildman–Crippen MR) is 95.1 cm³/mol. The summed E-state index contributed by atoms with van der Waals surface area (Å²) in [7, 11) is -3.63. The molecule has 2 N–H and O–H groups in total. The second-order valence-electron chi connectivity index (χ2n) is 5.85. The zero-order valence-corrected chi connectivity index (χ0v) is 15.5. The SMILES string of the molecule is O=C(NCc1ccc(F)cc1)c1cc(S(=O)(=O)NC2CC2)ccc1Br. The van der Waals surface area contributed by atoms with Crippen molar-refractivity contribution in [3.63, 3.8) is 0 Å². The largest absolute Gasteiger partial charge is 0.348 e. The lowest BCUT2D eigenvalue weighted by Crippen LogP contribution is -2.27. The Balaban J connectivity index is 1.75. The molecule has 132 valence electrons. The van der Waals surface area contributed by atoms with Crippen molar-refractivity contribution in [2.45, 2.75) is 30.3 Å². The number of carbonyl (C=O) groups excluding carboxylic acids is 1. The number of sulfonamides is 1. The van der Waals surface area contributed by atoms with Gasteiger partial charge in [-0.3, -0.25) is 4.79 Å². The molecule has 0 spiro atoms. The van der Waals surface area contributed by atoms with E-state index in [1.807, 2.05) is 0 Å². The first kappa shape index (κ1) is 18.0. The molecule has 0 atom stereocenters. The number of rotatable bonds is 6. The zero-order chi connectivity index (χ0) is 18.0. The molecule has 0 radical (unpaired) electrons. The number of benzene rings is 2. The number of nitrogens with one attached hydrogen (secondary N) is 2. The zero-order valence-electron chi connectivity index (χ0n) is 13.1. The van der Waals surface area contributed by atoms with Gasteiger partial charge in [-0.05, 0) is 64.7 Å². The Bertz CT molecular complexity index is 897. The van der Waals surface area contributed by atoms with E-state index >= 15 is 0 Å². The van der Waals surface area contributed by atoms with Gasteiger partial charge in [0.25, 0.3) is 5.91 Å². The number of hydrogen-bond acceptors (Lipinski definition) is 3. The number of amides is 1. The van der Waals surface area contributed by atoms with Crippen molar-refractivity contribution in [2.75, 3.05) is 0 Å². The molecule has 1 fully saturated rings. The first-order valence-corrected chi connectivity index (χ1v) is 9.97. The van der Waals surface area contributed by atoms with Gasteiger partial charge in [-0.25, -0.2) is 17.5 Å². The summed E-state index contributed by atoms with van der Waals surface area (Å²) in [6.07, 6.45) is 1.67. The molecule has 0 aromatic heterocycles. The molecule has 0 heterocycles. The first-order valence-electron chi connectivity index (χ1n) is 7.70. The van der Waals surface area contributed by atoms with Crippen LogP contribution in [0.5, 0.6) is 0 Å². The third-order valence-corrected chi connectivity index (χ3v) is 5.97. The fourth-order valence-electron chi connectivity index (χ4n) is 2.21. The van der Waals surface area contributed by atoms with Crippen LogP contribution in [0.3, 0.4) is 0 Å². The first-order chi connectivity index (χ1) is 11.8. The van der Waals surface area contributed by atoms with Gasteiger partial charge in [0.15, 0.2) is 0 Å². The summed E-state index contributed by atoms with van der Waals surface area (Å²) in [6, 6.07) is 10.1. The molecule has 2 aromatic rings. The van der Waals surface area contributed by atoms with Crippen LogP contribution >= 0.6 is 15.9 Å². The van der Waals surface area contributed by atoms with Gasteiger partial charge in [0.05, 0.1) is 10.5 Å². The Morgan fingerprint density at radius 2 is 1.84 bits per heavy atom. The van der Waals surface area contributed by atoms with E-state index in [-0.39, 0.29) is 28.9 Å². The molecule has 0 unspecified atom stereocenters. The number of carbonyl (C=O) groups is 1. The van der Waals surface area contributed by atoms with Crippen molar-refractivity contribution in [3.8, 4) is 0 Å². The van der Waals surface area contributed by atoms with Gasteiger partial charge in [-0.1, -0.05) is 12.1 Å². The summed E-state index contributed by atoms with van der Waals surface area (Å²) in [6.45, 7) is 0.211. The van der Waals surface area contributed by atoms with E-state index < -0.39 is 15.9 Å². The lowest BCUT2D eigenvalue weighted by atomic mass is 10.2. The number of halogens is 2. The lowest BCUT2D eigenvalue weighted by molar-refractivity contribution is 0.0950. The topological polar surface area (TPSA) is 75.3 Å². The minimum atomic E-state index is -3.63. The molecular formula is C17H16BrFN2O3S. The molecule has 1 aliphatic rings. The van der Waals surface area contributed by atoms with Crippen LogP contribution in [0.25, 0.3) is 0 Å². The summed E-state index contributed by atoms with van der Waals surface area (Å²) in [5.74, 6) is -0.765. The third-order valence-electron chi connectivity index (χ3n) is 3.76. The third kappa shape index (κ3) is 4.65. The maximum Gasteiger partial charge on any atom is 0.252 e. The normalized spacial score (nSPS) is 14.3. The van der Waals surface area contributed by atoms with E-state index in [0.29, 0.717) is 4.47 Å². The highest BCUT2D eigenvalue weighted by Crippen LogP contribution is 2.25. The predicted octanol–water partition coefficient (Wildman–Crippen LogP) is 2.96. The minimum absolute atomic E-state index is 0.00982. The van der Waals surface area contributed by atoms with Crippen molar-refractivity contribution in [3.05, 3.63) is 63.9 Å². The van der Waals surface area contributed by atoms with Crippen molar-refractivity contribution >= 4 is 31.9 Å². The number of hydrogen-bond donors (Lipinski definition) is 2. The average molecular weight is 427 g/mol. The highest BCUT2D eigenvalue weighted by molar-refractivity contribution is 9.10. The molecular weight excluding hydrogens is 411 g/mol. The fourth-order valence-corrected chi connectivity index (χ4v) is 3.97. The van der Waals surface area contributed by atoms with Crippen LogP contribution in [-0.2, 0) is 16.6 Å². The molecule has 1 aliphatic carbocycles. The van der Waals surface area contributed by atoms with Gasteiger partial charge in [0.1, 0.15) is 5.82 Å². The lowest BCUT2D eigenvalue weighted by Gasteiger charge is -2.10. The van der Waals surface area contributed by atoms with Crippen LogP contribution in [0.2, 0.25) is 0 Å². The van der Waals surface area contributed by atoms with Gasteiger partial charge in [-0.15, -0.1) is 0 Å². The van der Waals surface area contributed by atoms with Crippen LogP contribution in [-0.4, -0.2) is 20.4 Å². The van der Waals surface area contributed by atoms with E-state index in [1.165, 1.54) is 30.3 Å². The quantitative estimate of drug-likeness (QED) is 0.745. The molecule has 1 amide bonds. The van der Waals surface area contributed by atoms with Gasteiger partial charge >= 0.3 is 0 Å². The molecule has 1 saturated carbocycles. The Hall–Kier alpha value is -1.77. The van der Waals surface area contributed by atoms with Crippen molar-refractivity contribution in [1.29, 1.82) is 0 Å². The Morgan fingerprint density at radius 1 is 1.16 bits per heavy atom. The maximum absolute atomic E-state index is 12.9. The Kier molecular flexibility index (Phi) is 5.21. The van der Waals surface area contributed by atoms with Crippen LogP contribution in [0.15, 0.2) is 51.8 Å². The van der Waals surface area contributed by atoms with E-state index in [0.717, 1.165) is 18.4 Å². The summed E-state index contributed by atoms with van der Waals surface area (Å²) < 4.78 is 40.6. The molecule has 5 nitrogen and oxygen atoms in total. The van der Waals surface area contributed by atoms with Crippen LogP contribution < -0.4 is 10.0 Å². The van der Waals surface area contributed by atoms with Gasteiger partial charge in [0.2, 0.25) is 10.0 Å². The van der Waals surface area contributed by atoms with Gasteiger partial charge < -0.3 is 5.32 Å².